The maximum atomic E-state index is 12.1. The molecule has 9 nitrogen and oxygen atoms in total. The van der Waals surface area contributed by atoms with E-state index in [4.69, 9.17) is 4.74 Å². The number of H-pyrrole nitrogens is 1. The molecule has 0 aromatic carbocycles. The largest absolute Gasteiger partial charge is 0.393 e. The number of anilines is 1. The molecule has 0 spiro atoms. The molecule has 2 unspecified atom stereocenters. The first-order chi connectivity index (χ1) is 11.4. The molecule has 2 heterocycles. The fourth-order valence-electron chi connectivity index (χ4n) is 2.18. The summed E-state index contributed by atoms with van der Waals surface area (Å²) in [7, 11) is 1.51. The third-order valence-corrected chi connectivity index (χ3v) is 3.73. The lowest BCUT2D eigenvalue weighted by molar-refractivity contribution is -0.118. The summed E-state index contributed by atoms with van der Waals surface area (Å²) in [5.74, 6) is -0.450. The first-order valence-electron chi connectivity index (χ1n) is 7.85. The van der Waals surface area contributed by atoms with Crippen LogP contribution < -0.4 is 10.9 Å². The van der Waals surface area contributed by atoms with Crippen molar-refractivity contribution in [2.45, 2.75) is 45.9 Å². The SMILES string of the molecule is CCC(O)CC(OC)n1cnc2c(=O)[nH]c(NC(=O)C(C)C)nc21. The standard InChI is InChI=1S/C15H23N5O4/c1-5-9(21)6-10(24-4)20-7-16-11-12(20)17-15(19-14(11)23)18-13(22)8(2)3/h7-10,21H,5-6H2,1-4H3,(H2,17,18,19,22,23). The van der Waals surface area contributed by atoms with E-state index in [0.29, 0.717) is 12.8 Å². The zero-order valence-electron chi connectivity index (χ0n) is 14.2. The van der Waals surface area contributed by atoms with E-state index >= 15 is 0 Å². The summed E-state index contributed by atoms with van der Waals surface area (Å²) in [6, 6.07) is 0. The first kappa shape index (κ1) is 18.1. The molecule has 0 aliphatic carbocycles. The summed E-state index contributed by atoms with van der Waals surface area (Å²) < 4.78 is 6.98. The second kappa shape index (κ2) is 7.54. The van der Waals surface area contributed by atoms with Crippen molar-refractivity contribution in [1.29, 1.82) is 0 Å². The topological polar surface area (TPSA) is 122 Å². The number of aliphatic hydroxyl groups excluding tert-OH is 1. The van der Waals surface area contributed by atoms with Gasteiger partial charge in [0.15, 0.2) is 11.2 Å². The molecule has 9 heteroatoms. The summed E-state index contributed by atoms with van der Waals surface area (Å²) in [6.07, 6.45) is 1.29. The van der Waals surface area contributed by atoms with Crippen molar-refractivity contribution in [2.24, 2.45) is 5.92 Å². The van der Waals surface area contributed by atoms with Gasteiger partial charge in [0.25, 0.3) is 5.56 Å². The highest BCUT2D eigenvalue weighted by molar-refractivity contribution is 5.91. The van der Waals surface area contributed by atoms with E-state index in [9.17, 15) is 14.7 Å². The number of nitrogens with zero attached hydrogens (tertiary/aromatic N) is 3. The Balaban J connectivity index is 2.43. The lowest BCUT2D eigenvalue weighted by Gasteiger charge is -2.20. The van der Waals surface area contributed by atoms with Gasteiger partial charge in [0.2, 0.25) is 11.9 Å². The maximum absolute atomic E-state index is 12.1. The molecule has 0 saturated heterocycles. The van der Waals surface area contributed by atoms with Crippen LogP contribution in [0.5, 0.6) is 0 Å². The highest BCUT2D eigenvalue weighted by atomic mass is 16.5. The van der Waals surface area contributed by atoms with Crippen LogP contribution in [0.3, 0.4) is 0 Å². The van der Waals surface area contributed by atoms with Crippen molar-refractivity contribution in [2.75, 3.05) is 12.4 Å². The minimum Gasteiger partial charge on any atom is -0.393 e. The molecule has 2 atom stereocenters. The second-order valence-electron chi connectivity index (χ2n) is 5.87. The normalized spacial score (nSPS) is 14.1. The Hall–Kier alpha value is -2.26. The number of aliphatic hydroxyl groups is 1. The third-order valence-electron chi connectivity index (χ3n) is 3.73. The Bertz CT molecular complexity index is 767. The fraction of sp³-hybridized carbons (Fsp3) is 0.600. The number of aromatic nitrogens is 4. The Morgan fingerprint density at radius 3 is 2.79 bits per heavy atom. The van der Waals surface area contributed by atoms with Gasteiger partial charge < -0.3 is 9.84 Å². The molecule has 0 radical (unpaired) electrons. The number of nitrogens with one attached hydrogen (secondary N) is 2. The zero-order chi connectivity index (χ0) is 17.9. The highest BCUT2D eigenvalue weighted by Crippen LogP contribution is 2.20. The number of imidazole rings is 1. The summed E-state index contributed by atoms with van der Waals surface area (Å²) >= 11 is 0. The van der Waals surface area contributed by atoms with Gasteiger partial charge >= 0.3 is 0 Å². The quantitative estimate of drug-likeness (QED) is 0.693. The molecule has 0 fully saturated rings. The number of amides is 1. The van der Waals surface area contributed by atoms with Gasteiger partial charge in [-0.05, 0) is 6.42 Å². The van der Waals surface area contributed by atoms with Crippen LogP contribution in [0.1, 0.15) is 39.8 Å². The molecule has 0 aliphatic rings. The minimum absolute atomic E-state index is 0.0545. The predicted molar refractivity (Wildman–Crippen MR) is 88.6 cm³/mol. The van der Waals surface area contributed by atoms with E-state index < -0.39 is 17.9 Å². The molecule has 0 aliphatic heterocycles. The van der Waals surface area contributed by atoms with Crippen molar-refractivity contribution < 1.29 is 14.6 Å². The van der Waals surface area contributed by atoms with Crippen molar-refractivity contribution in [1.82, 2.24) is 19.5 Å². The second-order valence-corrected chi connectivity index (χ2v) is 5.87. The molecule has 3 N–H and O–H groups in total. The van der Waals surface area contributed by atoms with Crippen molar-refractivity contribution in [3.05, 3.63) is 16.7 Å². The average Bonchev–Trinajstić information content (AvgIpc) is 2.96. The lowest BCUT2D eigenvalue weighted by Crippen LogP contribution is -2.23. The molecule has 132 valence electrons. The van der Waals surface area contributed by atoms with Crippen LogP contribution >= 0.6 is 0 Å². The van der Waals surface area contributed by atoms with Gasteiger partial charge in [-0.15, -0.1) is 0 Å². The fourth-order valence-corrected chi connectivity index (χ4v) is 2.18. The number of ether oxygens (including phenoxy) is 1. The van der Waals surface area contributed by atoms with E-state index in [0.717, 1.165) is 0 Å². The lowest BCUT2D eigenvalue weighted by atomic mass is 10.2. The van der Waals surface area contributed by atoms with Crippen LogP contribution in [0, 0.1) is 5.92 Å². The number of fused-ring (bicyclic) bond motifs is 1. The molecule has 1 amide bonds. The highest BCUT2D eigenvalue weighted by Gasteiger charge is 2.20. The van der Waals surface area contributed by atoms with E-state index in [1.165, 1.54) is 13.4 Å². The summed E-state index contributed by atoms with van der Waals surface area (Å²) in [4.78, 5) is 34.8. The molecular weight excluding hydrogens is 314 g/mol. The Labute approximate surface area is 139 Å². The minimum atomic E-state index is -0.547. The smallest absolute Gasteiger partial charge is 0.280 e. The van der Waals surface area contributed by atoms with Gasteiger partial charge in [-0.25, -0.2) is 4.98 Å². The number of methoxy groups -OCH3 is 1. The third kappa shape index (κ3) is 3.80. The van der Waals surface area contributed by atoms with Gasteiger partial charge in [0.05, 0.1) is 12.4 Å². The molecular formula is C15H23N5O4. The van der Waals surface area contributed by atoms with E-state index in [2.05, 4.69) is 20.3 Å². The van der Waals surface area contributed by atoms with E-state index in [1.54, 1.807) is 18.4 Å². The number of rotatable bonds is 7. The van der Waals surface area contributed by atoms with Gasteiger partial charge in [-0.1, -0.05) is 20.8 Å². The number of aromatic amines is 1. The maximum Gasteiger partial charge on any atom is 0.280 e. The Morgan fingerprint density at radius 2 is 2.21 bits per heavy atom. The number of hydrogen-bond donors (Lipinski definition) is 3. The van der Waals surface area contributed by atoms with Crippen LogP contribution in [0.2, 0.25) is 0 Å². The number of carbonyl (C=O) groups excluding carboxylic acids is 1. The Morgan fingerprint density at radius 1 is 1.50 bits per heavy atom. The van der Waals surface area contributed by atoms with Gasteiger partial charge in [0.1, 0.15) is 6.23 Å². The monoisotopic (exact) mass is 337 g/mol. The van der Waals surface area contributed by atoms with Crippen LogP contribution in [-0.2, 0) is 9.53 Å². The van der Waals surface area contributed by atoms with Gasteiger partial charge in [-0.2, -0.15) is 4.98 Å². The molecule has 0 bridgehead atoms. The van der Waals surface area contributed by atoms with Gasteiger partial charge in [-0.3, -0.25) is 24.5 Å². The summed E-state index contributed by atoms with van der Waals surface area (Å²) in [6.45, 7) is 5.35. The van der Waals surface area contributed by atoms with Crippen LogP contribution in [-0.4, -0.2) is 43.7 Å². The van der Waals surface area contributed by atoms with E-state index in [1.807, 2.05) is 6.92 Å². The van der Waals surface area contributed by atoms with Crippen LogP contribution in [0.25, 0.3) is 11.2 Å². The van der Waals surface area contributed by atoms with Crippen molar-refractivity contribution in [3.8, 4) is 0 Å². The molecule has 2 rings (SSSR count). The molecule has 2 aromatic heterocycles. The van der Waals surface area contributed by atoms with Crippen LogP contribution in [0.4, 0.5) is 5.95 Å². The predicted octanol–water partition coefficient (Wildman–Crippen LogP) is 1.02. The van der Waals surface area contributed by atoms with Crippen LogP contribution in [0.15, 0.2) is 11.1 Å². The summed E-state index contributed by atoms with van der Waals surface area (Å²) in [5, 5.41) is 12.4. The molecule has 24 heavy (non-hydrogen) atoms. The van der Waals surface area contributed by atoms with E-state index in [-0.39, 0.29) is 28.9 Å². The average molecular weight is 337 g/mol. The van der Waals surface area contributed by atoms with Crippen molar-refractivity contribution in [3.63, 3.8) is 0 Å². The number of carbonyl (C=O) groups is 1. The zero-order valence-corrected chi connectivity index (χ0v) is 14.2. The Kier molecular flexibility index (Phi) is 5.68. The van der Waals surface area contributed by atoms with Crippen molar-refractivity contribution >= 4 is 23.0 Å². The molecule has 0 saturated carbocycles. The van der Waals surface area contributed by atoms with Gasteiger partial charge in [0, 0.05) is 19.4 Å². The number of hydrogen-bond acceptors (Lipinski definition) is 6. The molecule has 2 aromatic rings. The summed E-state index contributed by atoms with van der Waals surface area (Å²) in [5.41, 5.74) is -0.0257. The first-order valence-corrected chi connectivity index (χ1v) is 7.85.